The van der Waals surface area contributed by atoms with Crippen LogP contribution in [0.15, 0.2) is 53.5 Å². The first-order valence-electron chi connectivity index (χ1n) is 8.44. The fraction of sp³-hybridized carbons (Fsp3) is 0.200. The van der Waals surface area contributed by atoms with Gasteiger partial charge in [0.25, 0.3) is 5.91 Å². The minimum atomic E-state index is -0.851. The first kappa shape index (κ1) is 18.1. The highest BCUT2D eigenvalue weighted by atomic mass is 16.3. The molecule has 0 bridgehead atoms. The maximum Gasteiger partial charge on any atom is 0.252 e. The molecule has 2 aromatic carbocycles. The summed E-state index contributed by atoms with van der Waals surface area (Å²) in [6, 6.07) is 14.9. The van der Waals surface area contributed by atoms with Crippen LogP contribution in [0.2, 0.25) is 0 Å². The lowest BCUT2D eigenvalue weighted by atomic mass is 10.00. The normalized spacial score (nSPS) is 16.1. The van der Waals surface area contributed by atoms with Crippen LogP contribution in [0.25, 0.3) is 0 Å². The number of phenols is 1. The molecule has 1 aliphatic rings. The van der Waals surface area contributed by atoms with Crippen LogP contribution in [0, 0.1) is 11.3 Å². The van der Waals surface area contributed by atoms with E-state index in [2.05, 4.69) is 4.99 Å². The van der Waals surface area contributed by atoms with Crippen molar-refractivity contribution >= 4 is 23.2 Å². The van der Waals surface area contributed by atoms with E-state index in [1.165, 1.54) is 4.90 Å². The third-order valence-electron chi connectivity index (χ3n) is 4.30. The number of hydrogen-bond acceptors (Lipinski definition) is 5. The summed E-state index contributed by atoms with van der Waals surface area (Å²) >= 11 is 0. The summed E-state index contributed by atoms with van der Waals surface area (Å²) in [4.78, 5) is 30.2. The summed E-state index contributed by atoms with van der Waals surface area (Å²) < 4.78 is 0. The predicted octanol–water partition coefficient (Wildman–Crippen LogP) is 1.73. The maximum atomic E-state index is 13.0. The van der Waals surface area contributed by atoms with Crippen LogP contribution in [0.3, 0.4) is 0 Å². The molecule has 3 rings (SSSR count). The molecule has 136 valence electrons. The second-order valence-electron chi connectivity index (χ2n) is 6.15. The lowest BCUT2D eigenvalue weighted by Gasteiger charge is -2.22. The molecular weight excluding hydrogens is 344 g/mol. The molecule has 0 radical (unpaired) electrons. The molecule has 2 amide bonds. The summed E-state index contributed by atoms with van der Waals surface area (Å²) in [5.74, 6) is -0.809. The third kappa shape index (κ3) is 3.80. The zero-order valence-electron chi connectivity index (χ0n) is 14.5. The molecule has 0 fully saturated rings. The molecule has 7 heteroatoms. The quantitative estimate of drug-likeness (QED) is 0.787. The molecular formula is C20H18N4O3. The van der Waals surface area contributed by atoms with Gasteiger partial charge >= 0.3 is 0 Å². The van der Waals surface area contributed by atoms with Gasteiger partial charge in [-0.2, -0.15) is 5.26 Å². The number of aromatic hydroxyl groups is 1. The number of nitrogens with zero attached hydrogens (tertiary/aromatic N) is 3. The van der Waals surface area contributed by atoms with Gasteiger partial charge in [0.15, 0.2) is 0 Å². The van der Waals surface area contributed by atoms with E-state index in [1.807, 2.05) is 18.2 Å². The Labute approximate surface area is 156 Å². The minimum absolute atomic E-state index is 0.00393. The number of carbonyl (C=O) groups is 2. The second-order valence-corrected chi connectivity index (χ2v) is 6.15. The first-order chi connectivity index (χ1) is 13.0. The zero-order chi connectivity index (χ0) is 19.4. The highest BCUT2D eigenvalue weighted by molar-refractivity contribution is 6.20. The maximum absolute atomic E-state index is 13.0. The number of benzene rings is 2. The van der Waals surface area contributed by atoms with E-state index in [9.17, 15) is 20.0 Å². The standard InChI is InChI=1S/C20H18N4O3/c21-10-11-24-17-7-2-1-6-15(17)19(13-4-3-5-14(25)12-13)23-16(20(24)27)8-9-18(22)26/h1-7,12,16,25H,8-9,11H2,(H2,22,26). The van der Waals surface area contributed by atoms with E-state index in [1.54, 1.807) is 36.4 Å². The number of aliphatic imine (C=N–C) groups is 1. The van der Waals surface area contributed by atoms with E-state index in [0.717, 1.165) is 0 Å². The summed E-state index contributed by atoms with van der Waals surface area (Å²) in [6.07, 6.45) is 0.149. The summed E-state index contributed by atoms with van der Waals surface area (Å²) in [7, 11) is 0. The van der Waals surface area contributed by atoms with Crippen LogP contribution in [-0.4, -0.2) is 35.2 Å². The monoisotopic (exact) mass is 362 g/mol. The van der Waals surface area contributed by atoms with Gasteiger partial charge in [0.2, 0.25) is 5.91 Å². The topological polar surface area (TPSA) is 120 Å². The van der Waals surface area contributed by atoms with Crippen LogP contribution >= 0.6 is 0 Å². The van der Waals surface area contributed by atoms with E-state index >= 15 is 0 Å². The number of para-hydroxylation sites is 1. The number of hydrogen-bond donors (Lipinski definition) is 2. The lowest BCUT2D eigenvalue weighted by Crippen LogP contribution is -2.38. The van der Waals surface area contributed by atoms with Crippen LogP contribution in [0.1, 0.15) is 24.0 Å². The Morgan fingerprint density at radius 3 is 2.74 bits per heavy atom. The van der Waals surface area contributed by atoms with E-state index in [0.29, 0.717) is 22.5 Å². The summed E-state index contributed by atoms with van der Waals surface area (Å²) in [5.41, 5.74) is 7.63. The largest absolute Gasteiger partial charge is 0.508 e. The van der Waals surface area contributed by atoms with Gasteiger partial charge in [0.1, 0.15) is 18.3 Å². The van der Waals surface area contributed by atoms with Gasteiger partial charge in [0, 0.05) is 17.5 Å². The average molecular weight is 362 g/mol. The fourth-order valence-corrected chi connectivity index (χ4v) is 3.07. The molecule has 27 heavy (non-hydrogen) atoms. The number of benzodiazepines with no additional fused rings is 1. The Morgan fingerprint density at radius 2 is 2.04 bits per heavy atom. The van der Waals surface area contributed by atoms with Crippen molar-refractivity contribution in [1.82, 2.24) is 0 Å². The minimum Gasteiger partial charge on any atom is -0.508 e. The van der Waals surface area contributed by atoms with Gasteiger partial charge in [0.05, 0.1) is 17.5 Å². The molecule has 0 aromatic heterocycles. The molecule has 1 aliphatic heterocycles. The lowest BCUT2D eigenvalue weighted by molar-refractivity contribution is -0.120. The molecule has 1 atom stereocenters. The molecule has 0 spiro atoms. The van der Waals surface area contributed by atoms with Gasteiger partial charge in [-0.05, 0) is 24.6 Å². The zero-order valence-corrected chi connectivity index (χ0v) is 14.5. The van der Waals surface area contributed by atoms with E-state index in [-0.39, 0.29) is 31.0 Å². The van der Waals surface area contributed by atoms with Crippen LogP contribution in [0.4, 0.5) is 5.69 Å². The van der Waals surface area contributed by atoms with Crippen molar-refractivity contribution in [3.05, 3.63) is 59.7 Å². The number of anilines is 1. The van der Waals surface area contributed by atoms with E-state index in [4.69, 9.17) is 5.73 Å². The Kier molecular flexibility index (Phi) is 5.18. The number of nitriles is 1. The highest BCUT2D eigenvalue weighted by Gasteiger charge is 2.31. The number of fused-ring (bicyclic) bond motifs is 1. The molecule has 1 unspecified atom stereocenters. The third-order valence-corrected chi connectivity index (χ3v) is 4.30. The first-order valence-corrected chi connectivity index (χ1v) is 8.44. The molecule has 0 saturated heterocycles. The predicted molar refractivity (Wildman–Crippen MR) is 100 cm³/mol. The SMILES string of the molecule is N#CCN1C(=O)C(CCC(N)=O)N=C(c2cccc(O)c2)c2ccccc21. The number of primary amides is 1. The molecule has 7 nitrogen and oxygen atoms in total. The second kappa shape index (κ2) is 7.70. The smallest absolute Gasteiger partial charge is 0.252 e. The Balaban J connectivity index is 2.18. The Bertz CT molecular complexity index is 962. The van der Waals surface area contributed by atoms with Crippen LogP contribution in [0.5, 0.6) is 5.75 Å². The van der Waals surface area contributed by atoms with Crippen molar-refractivity contribution in [2.45, 2.75) is 18.9 Å². The Hall–Kier alpha value is -3.66. The van der Waals surface area contributed by atoms with Gasteiger partial charge in [-0.1, -0.05) is 30.3 Å². The summed E-state index contributed by atoms with van der Waals surface area (Å²) in [6.45, 7) is -0.133. The summed E-state index contributed by atoms with van der Waals surface area (Å²) in [5, 5.41) is 19.0. The van der Waals surface area contributed by atoms with Gasteiger partial charge in [-0.25, -0.2) is 0 Å². The van der Waals surface area contributed by atoms with Crippen molar-refractivity contribution in [3.8, 4) is 11.8 Å². The number of amides is 2. The molecule has 0 saturated carbocycles. The van der Waals surface area contributed by atoms with Gasteiger partial charge < -0.3 is 10.8 Å². The number of carbonyl (C=O) groups excluding carboxylic acids is 2. The van der Waals surface area contributed by atoms with Gasteiger partial charge in [-0.15, -0.1) is 0 Å². The highest BCUT2D eigenvalue weighted by Crippen LogP contribution is 2.30. The van der Waals surface area contributed by atoms with Crippen molar-refractivity contribution in [2.24, 2.45) is 10.7 Å². The number of nitrogens with two attached hydrogens (primary N) is 1. The van der Waals surface area contributed by atoms with Crippen LogP contribution < -0.4 is 10.6 Å². The Morgan fingerprint density at radius 1 is 1.26 bits per heavy atom. The molecule has 1 heterocycles. The fourth-order valence-electron chi connectivity index (χ4n) is 3.07. The molecule has 2 aromatic rings. The number of rotatable bonds is 5. The van der Waals surface area contributed by atoms with Crippen molar-refractivity contribution in [1.29, 1.82) is 5.26 Å². The van der Waals surface area contributed by atoms with E-state index < -0.39 is 11.9 Å². The van der Waals surface area contributed by atoms with Crippen molar-refractivity contribution in [2.75, 3.05) is 11.4 Å². The van der Waals surface area contributed by atoms with Crippen molar-refractivity contribution < 1.29 is 14.7 Å². The molecule has 0 aliphatic carbocycles. The van der Waals surface area contributed by atoms with Crippen molar-refractivity contribution in [3.63, 3.8) is 0 Å². The van der Waals surface area contributed by atoms with Gasteiger partial charge in [-0.3, -0.25) is 19.5 Å². The number of phenolic OH excluding ortho intramolecular Hbond substituents is 1. The average Bonchev–Trinajstić information content (AvgIpc) is 2.76. The molecule has 3 N–H and O–H groups in total. The van der Waals surface area contributed by atoms with Crippen LogP contribution in [-0.2, 0) is 9.59 Å².